The highest BCUT2D eigenvalue weighted by molar-refractivity contribution is 6.05. The second kappa shape index (κ2) is 10.6. The molecule has 0 saturated carbocycles. The number of aryl methyl sites for hydroxylation is 1. The molecule has 1 aliphatic heterocycles. The Hall–Kier alpha value is -3.84. The number of carbonyl (C=O) groups excluding carboxylic acids is 2. The third kappa shape index (κ3) is 5.30. The monoisotopic (exact) mass is 474 g/mol. The molecule has 0 atom stereocenters. The Balaban J connectivity index is 1.49. The zero-order valence-electron chi connectivity index (χ0n) is 20.2. The molecule has 182 valence electrons. The first-order valence-corrected chi connectivity index (χ1v) is 11.5. The molecule has 1 fully saturated rings. The lowest BCUT2D eigenvalue weighted by Crippen LogP contribution is -2.44. The van der Waals surface area contributed by atoms with Gasteiger partial charge in [-0.1, -0.05) is 18.2 Å². The normalized spacial score (nSPS) is 14.6. The molecular formula is C28H30N2O5. The molecule has 1 heterocycles. The van der Waals surface area contributed by atoms with Crippen molar-refractivity contribution in [2.24, 2.45) is 0 Å². The molecule has 0 bridgehead atoms. The van der Waals surface area contributed by atoms with Gasteiger partial charge in [-0.05, 0) is 79.4 Å². The van der Waals surface area contributed by atoms with Gasteiger partial charge in [0, 0.05) is 24.5 Å². The number of hydrogen-bond acceptors (Lipinski definition) is 5. The minimum Gasteiger partial charge on any atom is -0.497 e. The molecule has 3 aromatic rings. The van der Waals surface area contributed by atoms with E-state index in [1.807, 2.05) is 49.4 Å². The van der Waals surface area contributed by atoms with Gasteiger partial charge in [-0.15, -0.1) is 0 Å². The SMILES string of the molecule is COc1ccc(C2(C(=O)Nc3ccc(C(=O)Nc4cc(C)ccc4OC)cc3)CCOCC2)cc1. The van der Waals surface area contributed by atoms with E-state index in [4.69, 9.17) is 14.2 Å². The smallest absolute Gasteiger partial charge is 0.255 e. The van der Waals surface area contributed by atoms with Crippen LogP contribution < -0.4 is 20.1 Å². The topological polar surface area (TPSA) is 85.9 Å². The third-order valence-corrected chi connectivity index (χ3v) is 6.43. The Morgan fingerprint density at radius 2 is 1.54 bits per heavy atom. The lowest BCUT2D eigenvalue weighted by Gasteiger charge is -2.36. The molecule has 0 radical (unpaired) electrons. The van der Waals surface area contributed by atoms with Crippen molar-refractivity contribution in [2.75, 3.05) is 38.1 Å². The number of methoxy groups -OCH3 is 2. The fourth-order valence-electron chi connectivity index (χ4n) is 4.35. The van der Waals surface area contributed by atoms with Gasteiger partial charge in [0.15, 0.2) is 0 Å². The molecule has 0 spiro atoms. The van der Waals surface area contributed by atoms with Crippen LogP contribution in [0.15, 0.2) is 66.7 Å². The van der Waals surface area contributed by atoms with E-state index in [1.165, 1.54) is 0 Å². The zero-order valence-corrected chi connectivity index (χ0v) is 20.2. The molecule has 35 heavy (non-hydrogen) atoms. The van der Waals surface area contributed by atoms with Crippen molar-refractivity contribution in [1.82, 2.24) is 0 Å². The fraction of sp³-hybridized carbons (Fsp3) is 0.286. The summed E-state index contributed by atoms with van der Waals surface area (Å²) in [5.74, 6) is 0.986. The maximum absolute atomic E-state index is 13.5. The van der Waals surface area contributed by atoms with Crippen LogP contribution in [0, 0.1) is 6.92 Å². The molecular weight excluding hydrogens is 444 g/mol. The summed E-state index contributed by atoms with van der Waals surface area (Å²) in [5.41, 5.74) is 2.96. The van der Waals surface area contributed by atoms with Crippen LogP contribution in [0.5, 0.6) is 11.5 Å². The highest BCUT2D eigenvalue weighted by atomic mass is 16.5. The minimum absolute atomic E-state index is 0.0901. The van der Waals surface area contributed by atoms with Crippen molar-refractivity contribution in [3.8, 4) is 11.5 Å². The average molecular weight is 475 g/mol. The number of carbonyl (C=O) groups is 2. The van der Waals surface area contributed by atoms with Crippen LogP contribution in [-0.2, 0) is 14.9 Å². The number of hydrogen-bond donors (Lipinski definition) is 2. The van der Waals surface area contributed by atoms with Gasteiger partial charge in [0.25, 0.3) is 5.91 Å². The van der Waals surface area contributed by atoms with Gasteiger partial charge in [-0.2, -0.15) is 0 Å². The van der Waals surface area contributed by atoms with Crippen molar-refractivity contribution in [2.45, 2.75) is 25.2 Å². The van der Waals surface area contributed by atoms with E-state index in [-0.39, 0.29) is 11.8 Å². The predicted octanol–water partition coefficient (Wildman–Crippen LogP) is 4.95. The zero-order chi connectivity index (χ0) is 24.8. The van der Waals surface area contributed by atoms with Gasteiger partial charge >= 0.3 is 0 Å². The maximum Gasteiger partial charge on any atom is 0.255 e. The second-order valence-electron chi connectivity index (χ2n) is 8.61. The summed E-state index contributed by atoms with van der Waals surface area (Å²) in [6, 6.07) is 20.1. The molecule has 7 nitrogen and oxygen atoms in total. The highest BCUT2D eigenvalue weighted by Crippen LogP contribution is 2.37. The number of ether oxygens (including phenoxy) is 3. The van der Waals surface area contributed by atoms with Crippen LogP contribution >= 0.6 is 0 Å². The van der Waals surface area contributed by atoms with E-state index in [0.29, 0.717) is 48.7 Å². The van der Waals surface area contributed by atoms with E-state index in [0.717, 1.165) is 16.9 Å². The second-order valence-corrected chi connectivity index (χ2v) is 8.61. The van der Waals surface area contributed by atoms with Crippen molar-refractivity contribution < 1.29 is 23.8 Å². The summed E-state index contributed by atoms with van der Waals surface area (Å²) in [6.45, 7) is 2.98. The molecule has 2 amide bonds. The fourth-order valence-corrected chi connectivity index (χ4v) is 4.35. The molecule has 0 aliphatic carbocycles. The Morgan fingerprint density at radius 3 is 2.17 bits per heavy atom. The van der Waals surface area contributed by atoms with Crippen molar-refractivity contribution in [3.63, 3.8) is 0 Å². The molecule has 2 N–H and O–H groups in total. The Labute approximate surface area is 205 Å². The summed E-state index contributed by atoms with van der Waals surface area (Å²) in [7, 11) is 3.18. The van der Waals surface area contributed by atoms with Crippen LogP contribution in [0.2, 0.25) is 0 Å². The lowest BCUT2D eigenvalue weighted by atomic mass is 9.73. The van der Waals surface area contributed by atoms with E-state index >= 15 is 0 Å². The largest absolute Gasteiger partial charge is 0.497 e. The van der Waals surface area contributed by atoms with E-state index in [1.54, 1.807) is 38.5 Å². The molecule has 1 saturated heterocycles. The first-order valence-electron chi connectivity index (χ1n) is 11.5. The minimum atomic E-state index is -0.692. The van der Waals surface area contributed by atoms with Crippen LogP contribution in [0.4, 0.5) is 11.4 Å². The number of anilines is 2. The van der Waals surface area contributed by atoms with Crippen molar-refractivity contribution >= 4 is 23.2 Å². The predicted molar refractivity (Wildman–Crippen MR) is 135 cm³/mol. The Morgan fingerprint density at radius 1 is 0.857 bits per heavy atom. The number of benzene rings is 3. The van der Waals surface area contributed by atoms with E-state index in [9.17, 15) is 9.59 Å². The first kappa shape index (κ1) is 24.3. The quantitative estimate of drug-likeness (QED) is 0.506. The van der Waals surface area contributed by atoms with Gasteiger partial charge in [0.2, 0.25) is 5.91 Å². The first-order chi connectivity index (χ1) is 16.9. The average Bonchev–Trinajstić information content (AvgIpc) is 2.89. The summed E-state index contributed by atoms with van der Waals surface area (Å²) in [5, 5.41) is 5.94. The maximum atomic E-state index is 13.5. The summed E-state index contributed by atoms with van der Waals surface area (Å²) in [6.07, 6.45) is 1.17. The number of rotatable bonds is 7. The van der Waals surface area contributed by atoms with Crippen molar-refractivity contribution in [1.29, 1.82) is 0 Å². The molecule has 1 aliphatic rings. The summed E-state index contributed by atoms with van der Waals surface area (Å²) < 4.78 is 16.2. The van der Waals surface area contributed by atoms with Gasteiger partial charge in [0.05, 0.1) is 25.3 Å². The summed E-state index contributed by atoms with van der Waals surface area (Å²) >= 11 is 0. The van der Waals surface area contributed by atoms with Crippen LogP contribution in [0.25, 0.3) is 0 Å². The van der Waals surface area contributed by atoms with E-state index in [2.05, 4.69) is 10.6 Å². The van der Waals surface area contributed by atoms with Crippen molar-refractivity contribution in [3.05, 3.63) is 83.4 Å². The van der Waals surface area contributed by atoms with Gasteiger partial charge < -0.3 is 24.8 Å². The molecule has 3 aromatic carbocycles. The Kier molecular flexibility index (Phi) is 7.36. The molecule has 0 aromatic heterocycles. The Bertz CT molecular complexity index is 1180. The number of amides is 2. The van der Waals surface area contributed by atoms with Gasteiger partial charge in [-0.3, -0.25) is 9.59 Å². The van der Waals surface area contributed by atoms with Gasteiger partial charge in [-0.25, -0.2) is 0 Å². The highest BCUT2D eigenvalue weighted by Gasteiger charge is 2.41. The standard InChI is InChI=1S/C28H30N2O5/c1-19-4-13-25(34-3)24(18-19)30-26(31)20-5-9-22(10-6-20)29-27(32)28(14-16-35-17-15-28)21-7-11-23(33-2)12-8-21/h4-13,18H,14-17H2,1-3H3,(H,29,32)(H,30,31). The lowest BCUT2D eigenvalue weighted by molar-refractivity contribution is -0.125. The molecule has 0 unspecified atom stereocenters. The number of nitrogens with one attached hydrogen (secondary N) is 2. The third-order valence-electron chi connectivity index (χ3n) is 6.43. The van der Waals surface area contributed by atoms with E-state index < -0.39 is 5.41 Å². The summed E-state index contributed by atoms with van der Waals surface area (Å²) in [4.78, 5) is 26.3. The van der Waals surface area contributed by atoms with Crippen LogP contribution in [0.3, 0.4) is 0 Å². The molecule has 7 heteroatoms. The molecule has 4 rings (SSSR count). The van der Waals surface area contributed by atoms with Crippen LogP contribution in [0.1, 0.15) is 34.3 Å². The van der Waals surface area contributed by atoms with Gasteiger partial charge in [0.1, 0.15) is 11.5 Å². The van der Waals surface area contributed by atoms with Crippen LogP contribution in [-0.4, -0.2) is 39.2 Å².